The van der Waals surface area contributed by atoms with Gasteiger partial charge in [0.2, 0.25) is 0 Å². The molecular formula is C15H21NO4S. The van der Waals surface area contributed by atoms with Gasteiger partial charge < -0.3 is 14.7 Å². The highest BCUT2D eigenvalue weighted by atomic mass is 32.2. The maximum atomic E-state index is 11.2. The van der Waals surface area contributed by atoms with Crippen molar-refractivity contribution in [1.82, 2.24) is 4.90 Å². The predicted molar refractivity (Wildman–Crippen MR) is 83.0 cm³/mol. The van der Waals surface area contributed by atoms with E-state index in [1.54, 1.807) is 13.2 Å². The first-order chi connectivity index (χ1) is 9.85. The molecule has 0 aliphatic carbocycles. The standard InChI is InChI=1S/C15H21NO4S/c1-16(8-10-21(3,18)19)12-14-11-15(20-2)7-6-13(14)5-4-9-17/h6-7,11,17H,8-10,12H2,1-3H3. The Morgan fingerprint density at radius 3 is 2.67 bits per heavy atom. The molecule has 0 atom stereocenters. The van der Waals surface area contributed by atoms with Crippen LogP contribution in [-0.2, 0) is 16.4 Å². The van der Waals surface area contributed by atoms with Crippen LogP contribution in [0.15, 0.2) is 18.2 Å². The second-order valence-electron chi connectivity index (χ2n) is 4.85. The molecule has 0 heterocycles. The Labute approximate surface area is 126 Å². The summed E-state index contributed by atoms with van der Waals surface area (Å²) in [5, 5.41) is 8.80. The lowest BCUT2D eigenvalue weighted by Crippen LogP contribution is -2.25. The summed E-state index contributed by atoms with van der Waals surface area (Å²) < 4.78 is 27.6. The molecule has 0 aromatic heterocycles. The van der Waals surface area contributed by atoms with Gasteiger partial charge in [-0.05, 0) is 30.8 Å². The summed E-state index contributed by atoms with van der Waals surface area (Å²) in [7, 11) is 0.468. The third-order valence-corrected chi connectivity index (χ3v) is 3.82. The van der Waals surface area contributed by atoms with E-state index in [-0.39, 0.29) is 12.4 Å². The highest BCUT2D eigenvalue weighted by molar-refractivity contribution is 7.90. The Bertz CT molecular complexity index is 629. The van der Waals surface area contributed by atoms with Crippen molar-refractivity contribution < 1.29 is 18.3 Å². The van der Waals surface area contributed by atoms with E-state index in [0.717, 1.165) is 16.9 Å². The normalized spacial score (nSPS) is 11.1. The van der Waals surface area contributed by atoms with Crippen LogP contribution in [0.3, 0.4) is 0 Å². The average molecular weight is 311 g/mol. The highest BCUT2D eigenvalue weighted by Crippen LogP contribution is 2.18. The smallest absolute Gasteiger partial charge is 0.148 e. The first kappa shape index (κ1) is 17.5. The zero-order valence-electron chi connectivity index (χ0n) is 12.6. The van der Waals surface area contributed by atoms with E-state index < -0.39 is 9.84 Å². The zero-order valence-corrected chi connectivity index (χ0v) is 13.4. The quantitative estimate of drug-likeness (QED) is 0.776. The van der Waals surface area contributed by atoms with Crippen molar-refractivity contribution in [3.63, 3.8) is 0 Å². The molecule has 1 rings (SSSR count). The average Bonchev–Trinajstić information content (AvgIpc) is 2.43. The summed E-state index contributed by atoms with van der Waals surface area (Å²) in [6.07, 6.45) is 1.23. The predicted octanol–water partition coefficient (Wildman–Crippen LogP) is 0.515. The molecule has 0 fully saturated rings. The Balaban J connectivity index is 2.88. The van der Waals surface area contributed by atoms with Gasteiger partial charge in [0.1, 0.15) is 22.2 Å². The van der Waals surface area contributed by atoms with Gasteiger partial charge in [-0.15, -0.1) is 0 Å². The molecule has 0 saturated heterocycles. The molecule has 0 saturated carbocycles. The summed E-state index contributed by atoms with van der Waals surface area (Å²) in [4.78, 5) is 1.92. The van der Waals surface area contributed by atoms with Gasteiger partial charge in [0.25, 0.3) is 0 Å². The van der Waals surface area contributed by atoms with Crippen LogP contribution >= 0.6 is 0 Å². The molecular weight excluding hydrogens is 290 g/mol. The van der Waals surface area contributed by atoms with E-state index in [1.165, 1.54) is 6.26 Å². The van der Waals surface area contributed by atoms with Crippen molar-refractivity contribution in [2.24, 2.45) is 0 Å². The first-order valence-electron chi connectivity index (χ1n) is 6.48. The van der Waals surface area contributed by atoms with Crippen LogP contribution in [0.2, 0.25) is 0 Å². The van der Waals surface area contributed by atoms with Crippen LogP contribution < -0.4 is 4.74 Å². The van der Waals surface area contributed by atoms with Crippen LogP contribution in [0.4, 0.5) is 0 Å². The molecule has 0 aliphatic heterocycles. The minimum atomic E-state index is -2.98. The van der Waals surface area contributed by atoms with E-state index in [4.69, 9.17) is 9.84 Å². The Morgan fingerprint density at radius 1 is 1.38 bits per heavy atom. The van der Waals surface area contributed by atoms with Crippen LogP contribution in [-0.4, -0.2) is 57.7 Å². The molecule has 5 nitrogen and oxygen atoms in total. The molecule has 21 heavy (non-hydrogen) atoms. The molecule has 0 spiro atoms. The summed E-state index contributed by atoms with van der Waals surface area (Å²) >= 11 is 0. The van der Waals surface area contributed by atoms with Gasteiger partial charge in [-0.3, -0.25) is 0 Å². The number of rotatable bonds is 6. The maximum absolute atomic E-state index is 11.2. The SMILES string of the molecule is COc1ccc(C#CCO)c(CN(C)CCS(C)(=O)=O)c1. The Kier molecular flexibility index (Phi) is 6.69. The van der Waals surface area contributed by atoms with E-state index in [2.05, 4.69) is 11.8 Å². The van der Waals surface area contributed by atoms with Gasteiger partial charge in [0.15, 0.2) is 0 Å². The lowest BCUT2D eigenvalue weighted by atomic mass is 10.1. The van der Waals surface area contributed by atoms with Crippen molar-refractivity contribution in [3.05, 3.63) is 29.3 Å². The molecule has 0 aliphatic rings. The molecule has 0 radical (unpaired) electrons. The number of aliphatic hydroxyl groups is 1. The number of hydrogen-bond donors (Lipinski definition) is 1. The molecule has 0 unspecified atom stereocenters. The number of benzene rings is 1. The highest BCUT2D eigenvalue weighted by Gasteiger charge is 2.09. The van der Waals surface area contributed by atoms with Crippen molar-refractivity contribution in [3.8, 4) is 17.6 Å². The maximum Gasteiger partial charge on any atom is 0.148 e. The topological polar surface area (TPSA) is 66.8 Å². The van der Waals surface area contributed by atoms with Gasteiger partial charge in [-0.1, -0.05) is 11.8 Å². The second kappa shape index (κ2) is 8.03. The van der Waals surface area contributed by atoms with Crippen molar-refractivity contribution in [2.45, 2.75) is 6.54 Å². The zero-order chi connectivity index (χ0) is 15.9. The summed E-state index contributed by atoms with van der Waals surface area (Å²) in [6.45, 7) is 0.806. The molecule has 1 aromatic carbocycles. The summed E-state index contributed by atoms with van der Waals surface area (Å²) in [5.74, 6) is 6.35. The van der Waals surface area contributed by atoms with Gasteiger partial charge in [-0.2, -0.15) is 0 Å². The van der Waals surface area contributed by atoms with Crippen molar-refractivity contribution in [2.75, 3.05) is 39.3 Å². The monoisotopic (exact) mass is 311 g/mol. The number of sulfone groups is 1. The van der Waals surface area contributed by atoms with Crippen LogP contribution in [0.5, 0.6) is 5.75 Å². The fraction of sp³-hybridized carbons (Fsp3) is 0.467. The third kappa shape index (κ3) is 6.63. The van der Waals surface area contributed by atoms with E-state index in [1.807, 2.05) is 24.1 Å². The molecule has 1 N–H and O–H groups in total. The number of hydrogen-bond acceptors (Lipinski definition) is 5. The van der Waals surface area contributed by atoms with E-state index >= 15 is 0 Å². The fourth-order valence-corrected chi connectivity index (χ4v) is 2.42. The lowest BCUT2D eigenvalue weighted by molar-refractivity contribution is 0.344. The van der Waals surface area contributed by atoms with Crippen LogP contribution in [0.1, 0.15) is 11.1 Å². The molecule has 0 amide bonds. The summed E-state index contributed by atoms with van der Waals surface area (Å²) in [5.41, 5.74) is 1.74. The number of aliphatic hydroxyl groups excluding tert-OH is 1. The molecule has 1 aromatic rings. The van der Waals surface area contributed by atoms with Gasteiger partial charge in [-0.25, -0.2) is 8.42 Å². The van der Waals surface area contributed by atoms with Crippen molar-refractivity contribution in [1.29, 1.82) is 0 Å². The number of nitrogens with zero attached hydrogens (tertiary/aromatic N) is 1. The fourth-order valence-electron chi connectivity index (χ4n) is 1.78. The first-order valence-corrected chi connectivity index (χ1v) is 8.54. The third-order valence-electron chi connectivity index (χ3n) is 2.90. The van der Waals surface area contributed by atoms with Crippen LogP contribution in [0.25, 0.3) is 0 Å². The van der Waals surface area contributed by atoms with Gasteiger partial charge >= 0.3 is 0 Å². The summed E-state index contributed by atoms with van der Waals surface area (Å²) in [6, 6.07) is 5.51. The van der Waals surface area contributed by atoms with Gasteiger partial charge in [0.05, 0.1) is 12.9 Å². The molecule has 0 bridgehead atoms. The van der Waals surface area contributed by atoms with Crippen LogP contribution in [0, 0.1) is 11.8 Å². The second-order valence-corrected chi connectivity index (χ2v) is 7.11. The largest absolute Gasteiger partial charge is 0.497 e. The van der Waals surface area contributed by atoms with Gasteiger partial charge in [0, 0.05) is 24.9 Å². The molecule has 6 heteroatoms. The minimum absolute atomic E-state index is 0.116. The molecule has 116 valence electrons. The Hall–Kier alpha value is -1.55. The van der Waals surface area contributed by atoms with E-state index in [0.29, 0.717) is 13.1 Å². The van der Waals surface area contributed by atoms with E-state index in [9.17, 15) is 8.42 Å². The number of ether oxygens (including phenoxy) is 1. The minimum Gasteiger partial charge on any atom is -0.497 e. The Morgan fingerprint density at radius 2 is 2.10 bits per heavy atom. The lowest BCUT2D eigenvalue weighted by Gasteiger charge is -2.17. The number of methoxy groups -OCH3 is 1. The van der Waals surface area contributed by atoms with Crippen molar-refractivity contribution >= 4 is 9.84 Å².